The first-order valence-corrected chi connectivity index (χ1v) is 6.90. The summed E-state index contributed by atoms with van der Waals surface area (Å²) in [7, 11) is 0. The van der Waals surface area contributed by atoms with Crippen molar-refractivity contribution >= 4 is 17.1 Å². The lowest BCUT2D eigenvalue weighted by molar-refractivity contribution is 1.31. The Balaban J connectivity index is 1.89. The van der Waals surface area contributed by atoms with Crippen LogP contribution < -0.4 is 11.1 Å². The minimum absolute atomic E-state index is 0.694. The number of nitrogens with zero attached hydrogens (tertiary/aromatic N) is 2. The fourth-order valence-corrected chi connectivity index (χ4v) is 2.23. The van der Waals surface area contributed by atoms with Crippen molar-refractivity contribution in [1.82, 2.24) is 9.97 Å². The number of nitrogens with two attached hydrogens (primary N) is 1. The van der Waals surface area contributed by atoms with E-state index in [-0.39, 0.29) is 0 Å². The lowest BCUT2D eigenvalue weighted by Gasteiger charge is -2.12. The van der Waals surface area contributed by atoms with Crippen LogP contribution in [0.2, 0.25) is 0 Å². The Morgan fingerprint density at radius 3 is 2.18 bits per heavy atom. The van der Waals surface area contributed by atoms with E-state index in [1.165, 1.54) is 0 Å². The molecule has 22 heavy (non-hydrogen) atoms. The summed E-state index contributed by atoms with van der Waals surface area (Å²) >= 11 is 0. The van der Waals surface area contributed by atoms with Gasteiger partial charge < -0.3 is 11.1 Å². The number of hydrogen-bond donors (Lipinski definition) is 2. The largest absolute Gasteiger partial charge is 0.399 e. The van der Waals surface area contributed by atoms with Crippen molar-refractivity contribution < 1.29 is 0 Å². The Bertz CT molecular complexity index is 783. The highest BCUT2D eigenvalue weighted by molar-refractivity contribution is 5.80. The van der Waals surface area contributed by atoms with Crippen LogP contribution in [0.4, 0.5) is 11.4 Å². The summed E-state index contributed by atoms with van der Waals surface area (Å²) in [6.45, 7) is 4.06. The average Bonchev–Trinajstić information content (AvgIpc) is 2.56. The average molecular weight is 288 g/mol. The number of hydrogen-bond acceptors (Lipinski definition) is 4. The van der Waals surface area contributed by atoms with Crippen LogP contribution in [-0.2, 0) is 0 Å². The molecule has 108 valence electrons. The Kier molecular flexibility index (Phi) is 3.83. The molecule has 0 atom stereocenters. The molecular formula is C18H16N4. The molecule has 0 aliphatic rings. The smallest absolute Gasteiger partial charge is 0.0411 e. The van der Waals surface area contributed by atoms with Gasteiger partial charge in [-0.1, -0.05) is 6.58 Å². The third-order valence-electron chi connectivity index (χ3n) is 3.29. The van der Waals surface area contributed by atoms with E-state index in [0.29, 0.717) is 5.69 Å². The minimum Gasteiger partial charge on any atom is -0.399 e. The lowest BCUT2D eigenvalue weighted by atomic mass is 10.1. The molecule has 0 spiro atoms. The van der Waals surface area contributed by atoms with Gasteiger partial charge in [0, 0.05) is 47.4 Å². The summed E-state index contributed by atoms with van der Waals surface area (Å²) in [5.41, 5.74) is 11.5. The Labute approximate surface area is 129 Å². The maximum absolute atomic E-state index is 6.02. The highest BCUT2D eigenvalue weighted by Crippen LogP contribution is 2.27. The molecule has 4 heteroatoms. The van der Waals surface area contributed by atoms with Gasteiger partial charge in [-0.3, -0.25) is 9.97 Å². The van der Waals surface area contributed by atoms with Crippen LogP contribution in [0.25, 0.3) is 16.8 Å². The van der Waals surface area contributed by atoms with Crippen LogP contribution in [0, 0.1) is 0 Å². The molecule has 3 aromatic rings. The van der Waals surface area contributed by atoms with E-state index in [0.717, 1.165) is 28.1 Å². The van der Waals surface area contributed by atoms with Gasteiger partial charge in [0.2, 0.25) is 0 Å². The zero-order valence-electron chi connectivity index (χ0n) is 12.0. The van der Waals surface area contributed by atoms with Gasteiger partial charge in [-0.25, -0.2) is 0 Å². The van der Waals surface area contributed by atoms with Crippen LogP contribution in [-0.4, -0.2) is 9.97 Å². The molecule has 2 heterocycles. The van der Waals surface area contributed by atoms with Crippen molar-refractivity contribution in [1.29, 1.82) is 0 Å². The van der Waals surface area contributed by atoms with Crippen molar-refractivity contribution in [3.63, 3.8) is 0 Å². The van der Waals surface area contributed by atoms with Gasteiger partial charge in [0.05, 0.1) is 0 Å². The molecule has 3 N–H and O–H groups in total. The van der Waals surface area contributed by atoms with Crippen LogP contribution in [0.15, 0.2) is 73.8 Å². The van der Waals surface area contributed by atoms with Gasteiger partial charge in [0.25, 0.3) is 0 Å². The normalized spacial score (nSPS) is 10.2. The first-order valence-electron chi connectivity index (χ1n) is 6.90. The predicted octanol–water partition coefficient (Wildman–Crippen LogP) is 3.81. The predicted molar refractivity (Wildman–Crippen MR) is 91.0 cm³/mol. The number of aromatic nitrogens is 2. The molecule has 0 fully saturated rings. The van der Waals surface area contributed by atoms with Gasteiger partial charge >= 0.3 is 0 Å². The maximum atomic E-state index is 6.02. The molecule has 4 nitrogen and oxygen atoms in total. The second kappa shape index (κ2) is 6.10. The highest BCUT2D eigenvalue weighted by Gasteiger charge is 2.04. The summed E-state index contributed by atoms with van der Waals surface area (Å²) in [4.78, 5) is 8.04. The standard InChI is InChI=1S/C18H16N4/c1-13(14-2-6-20-7-3-14)22-18-11-16(10-17(19)12-18)15-4-8-21-9-5-15/h2-12,22H,1,19H2. The second-order valence-electron chi connectivity index (χ2n) is 4.92. The summed E-state index contributed by atoms with van der Waals surface area (Å²) in [5.74, 6) is 0. The van der Waals surface area contributed by atoms with E-state index >= 15 is 0 Å². The molecule has 0 aliphatic heterocycles. The first-order chi connectivity index (χ1) is 10.7. The fourth-order valence-electron chi connectivity index (χ4n) is 2.23. The number of nitrogens with one attached hydrogen (secondary N) is 1. The van der Waals surface area contributed by atoms with Gasteiger partial charge in [-0.05, 0) is 53.6 Å². The van der Waals surface area contributed by atoms with E-state index in [2.05, 4.69) is 21.9 Å². The van der Waals surface area contributed by atoms with Crippen molar-refractivity contribution in [2.75, 3.05) is 11.1 Å². The van der Waals surface area contributed by atoms with Crippen LogP contribution in [0.5, 0.6) is 0 Å². The summed E-state index contributed by atoms with van der Waals surface area (Å²) in [6, 6.07) is 13.6. The van der Waals surface area contributed by atoms with E-state index in [1.54, 1.807) is 24.8 Å². The zero-order chi connectivity index (χ0) is 15.4. The van der Waals surface area contributed by atoms with Gasteiger partial charge in [0.15, 0.2) is 0 Å². The highest BCUT2D eigenvalue weighted by atomic mass is 14.9. The lowest BCUT2D eigenvalue weighted by Crippen LogP contribution is -1.99. The molecule has 1 aromatic carbocycles. The van der Waals surface area contributed by atoms with Gasteiger partial charge in [-0.15, -0.1) is 0 Å². The number of nitrogen functional groups attached to an aromatic ring is 1. The third kappa shape index (κ3) is 3.12. The monoisotopic (exact) mass is 288 g/mol. The summed E-state index contributed by atoms with van der Waals surface area (Å²) in [5, 5.41) is 3.29. The zero-order valence-corrected chi connectivity index (χ0v) is 12.0. The van der Waals surface area contributed by atoms with Crippen LogP contribution in [0.1, 0.15) is 5.56 Å². The Morgan fingerprint density at radius 2 is 1.50 bits per heavy atom. The number of rotatable bonds is 4. The topological polar surface area (TPSA) is 63.8 Å². The summed E-state index contributed by atoms with van der Waals surface area (Å²) < 4.78 is 0. The molecule has 0 saturated heterocycles. The third-order valence-corrected chi connectivity index (χ3v) is 3.29. The molecular weight excluding hydrogens is 272 g/mol. The van der Waals surface area contributed by atoms with E-state index in [4.69, 9.17) is 5.73 Å². The number of anilines is 2. The molecule has 0 radical (unpaired) electrons. The van der Waals surface area contributed by atoms with Crippen molar-refractivity contribution in [3.8, 4) is 11.1 Å². The Hall–Kier alpha value is -3.14. The second-order valence-corrected chi connectivity index (χ2v) is 4.92. The minimum atomic E-state index is 0.694. The fraction of sp³-hybridized carbons (Fsp3) is 0. The number of pyridine rings is 2. The van der Waals surface area contributed by atoms with Crippen molar-refractivity contribution in [2.45, 2.75) is 0 Å². The SMILES string of the molecule is C=C(Nc1cc(N)cc(-c2ccncc2)c1)c1ccncc1. The number of benzene rings is 1. The quantitative estimate of drug-likeness (QED) is 0.717. The molecule has 0 saturated carbocycles. The Morgan fingerprint density at radius 1 is 0.864 bits per heavy atom. The van der Waals surface area contributed by atoms with Crippen molar-refractivity contribution in [3.05, 3.63) is 79.4 Å². The van der Waals surface area contributed by atoms with Gasteiger partial charge in [-0.2, -0.15) is 0 Å². The van der Waals surface area contributed by atoms with Crippen LogP contribution >= 0.6 is 0 Å². The maximum Gasteiger partial charge on any atom is 0.0411 e. The molecule has 3 rings (SSSR count). The van der Waals surface area contributed by atoms with Crippen molar-refractivity contribution in [2.24, 2.45) is 0 Å². The molecule has 0 unspecified atom stereocenters. The van der Waals surface area contributed by atoms with E-state index < -0.39 is 0 Å². The van der Waals surface area contributed by atoms with Gasteiger partial charge in [0.1, 0.15) is 0 Å². The molecule has 0 aliphatic carbocycles. The molecule has 2 aromatic heterocycles. The molecule has 0 bridgehead atoms. The van der Waals surface area contributed by atoms with Crippen LogP contribution in [0.3, 0.4) is 0 Å². The molecule has 0 amide bonds. The van der Waals surface area contributed by atoms with E-state index in [9.17, 15) is 0 Å². The van der Waals surface area contributed by atoms with E-state index in [1.807, 2.05) is 42.5 Å². The summed E-state index contributed by atoms with van der Waals surface area (Å²) in [6.07, 6.45) is 7.01. The first kappa shape index (κ1) is 13.8.